The topological polar surface area (TPSA) is 61.4 Å². The number of hydrogen-bond donors (Lipinski definition) is 2. The summed E-state index contributed by atoms with van der Waals surface area (Å²) < 4.78 is 13.8. The average Bonchev–Trinajstić information content (AvgIpc) is 2.53. The number of benzene rings is 1. The molecule has 5 nitrogen and oxygen atoms in total. The van der Waals surface area contributed by atoms with Crippen molar-refractivity contribution >= 4 is 23.5 Å². The normalized spacial score (nSPS) is 15.3. The van der Waals surface area contributed by atoms with Crippen molar-refractivity contribution in [2.24, 2.45) is 0 Å². The molecule has 1 heterocycles. The van der Waals surface area contributed by atoms with E-state index < -0.39 is 11.7 Å². The number of nitrogens with zero attached hydrogens (tertiary/aromatic N) is 1. The van der Waals surface area contributed by atoms with Crippen LogP contribution < -0.4 is 10.6 Å². The number of urea groups is 1. The lowest BCUT2D eigenvalue weighted by molar-refractivity contribution is 0.0704. The molecule has 7 heteroatoms. The number of carbonyl (C=O) groups excluding carboxylic acids is 2. The molecule has 0 bridgehead atoms. The zero-order valence-corrected chi connectivity index (χ0v) is 13.8. The number of piperidine rings is 1. The highest BCUT2D eigenvalue weighted by atomic mass is 35.5. The minimum absolute atomic E-state index is 0.0204. The van der Waals surface area contributed by atoms with E-state index in [9.17, 15) is 14.0 Å². The van der Waals surface area contributed by atoms with Gasteiger partial charge in [0.2, 0.25) is 0 Å². The molecule has 1 aromatic carbocycles. The van der Waals surface area contributed by atoms with Crippen molar-refractivity contribution in [2.45, 2.75) is 32.2 Å². The first-order valence-electron chi connectivity index (χ1n) is 7.80. The van der Waals surface area contributed by atoms with Gasteiger partial charge in [0.25, 0.3) is 5.91 Å². The molecule has 0 spiro atoms. The summed E-state index contributed by atoms with van der Waals surface area (Å²) in [5, 5.41) is 5.76. The number of nitrogens with one attached hydrogen (secondary N) is 2. The van der Waals surface area contributed by atoms with Crippen molar-refractivity contribution < 1.29 is 14.0 Å². The molecule has 0 radical (unpaired) electrons. The Morgan fingerprint density at radius 1 is 1.35 bits per heavy atom. The highest BCUT2D eigenvalue weighted by Gasteiger charge is 2.27. The summed E-state index contributed by atoms with van der Waals surface area (Å²) in [4.78, 5) is 25.6. The van der Waals surface area contributed by atoms with Crippen molar-refractivity contribution in [1.29, 1.82) is 0 Å². The van der Waals surface area contributed by atoms with E-state index in [0.717, 1.165) is 6.42 Å². The fourth-order valence-electron chi connectivity index (χ4n) is 2.56. The molecule has 0 unspecified atom stereocenters. The Morgan fingerprint density at radius 3 is 2.65 bits per heavy atom. The molecule has 0 aliphatic carbocycles. The summed E-state index contributed by atoms with van der Waals surface area (Å²) in [6, 6.07) is 4.04. The van der Waals surface area contributed by atoms with Crippen LogP contribution in [0.25, 0.3) is 0 Å². The van der Waals surface area contributed by atoms with Crippen LogP contribution in [0.5, 0.6) is 0 Å². The maximum absolute atomic E-state index is 13.8. The van der Waals surface area contributed by atoms with Gasteiger partial charge in [-0.1, -0.05) is 24.6 Å². The first-order valence-corrected chi connectivity index (χ1v) is 8.18. The Labute approximate surface area is 140 Å². The third-order valence-corrected chi connectivity index (χ3v) is 4.14. The molecule has 2 rings (SSSR count). The summed E-state index contributed by atoms with van der Waals surface area (Å²) in [6.07, 6.45) is 2.15. The van der Waals surface area contributed by atoms with E-state index in [1.807, 2.05) is 6.92 Å². The van der Waals surface area contributed by atoms with Crippen molar-refractivity contribution in [3.05, 3.63) is 34.6 Å². The van der Waals surface area contributed by atoms with Crippen molar-refractivity contribution in [1.82, 2.24) is 15.5 Å². The van der Waals surface area contributed by atoms with Crippen LogP contribution in [0, 0.1) is 5.82 Å². The van der Waals surface area contributed by atoms with Crippen molar-refractivity contribution in [3.63, 3.8) is 0 Å². The largest absolute Gasteiger partial charge is 0.338 e. The minimum Gasteiger partial charge on any atom is -0.338 e. The Balaban J connectivity index is 1.89. The summed E-state index contributed by atoms with van der Waals surface area (Å²) in [5.74, 6) is -1.01. The van der Waals surface area contributed by atoms with E-state index in [1.165, 1.54) is 18.2 Å². The monoisotopic (exact) mass is 341 g/mol. The van der Waals surface area contributed by atoms with E-state index >= 15 is 0 Å². The second-order valence-electron chi connectivity index (χ2n) is 5.56. The first-order chi connectivity index (χ1) is 11.0. The highest BCUT2D eigenvalue weighted by molar-refractivity contribution is 6.33. The maximum Gasteiger partial charge on any atom is 0.315 e. The predicted octanol–water partition coefficient (Wildman–Crippen LogP) is 2.79. The fourth-order valence-corrected chi connectivity index (χ4v) is 2.81. The maximum atomic E-state index is 13.8. The average molecular weight is 342 g/mol. The minimum atomic E-state index is -0.610. The number of likely N-dealkylation sites (tertiary alicyclic amines) is 1. The van der Waals surface area contributed by atoms with Gasteiger partial charge >= 0.3 is 6.03 Å². The van der Waals surface area contributed by atoms with E-state index in [2.05, 4.69) is 10.6 Å². The number of rotatable bonds is 4. The highest BCUT2D eigenvalue weighted by Crippen LogP contribution is 2.22. The zero-order valence-electron chi connectivity index (χ0n) is 13.1. The molecular formula is C16H21ClFN3O2. The lowest BCUT2D eigenvalue weighted by Gasteiger charge is -2.32. The van der Waals surface area contributed by atoms with Crippen LogP contribution in [0.1, 0.15) is 36.5 Å². The Bertz CT molecular complexity index is 554. The van der Waals surface area contributed by atoms with E-state index in [-0.39, 0.29) is 22.7 Å². The number of amides is 3. The van der Waals surface area contributed by atoms with Crippen LogP contribution in [-0.2, 0) is 0 Å². The number of halogens is 2. The third-order valence-electron chi connectivity index (χ3n) is 3.83. The molecular weight excluding hydrogens is 321 g/mol. The van der Waals surface area contributed by atoms with Gasteiger partial charge in [-0.25, -0.2) is 9.18 Å². The Hall–Kier alpha value is -1.82. The Morgan fingerprint density at radius 2 is 2.04 bits per heavy atom. The van der Waals surface area contributed by atoms with Crippen LogP contribution >= 0.6 is 11.6 Å². The molecule has 0 saturated carbocycles. The summed E-state index contributed by atoms with van der Waals surface area (Å²) in [7, 11) is 0. The molecule has 1 aliphatic rings. The van der Waals surface area contributed by atoms with Gasteiger partial charge in [0, 0.05) is 25.7 Å². The van der Waals surface area contributed by atoms with Gasteiger partial charge in [0.1, 0.15) is 5.82 Å². The van der Waals surface area contributed by atoms with Gasteiger partial charge in [-0.15, -0.1) is 0 Å². The van der Waals surface area contributed by atoms with E-state index in [0.29, 0.717) is 32.5 Å². The van der Waals surface area contributed by atoms with Gasteiger partial charge < -0.3 is 15.5 Å². The van der Waals surface area contributed by atoms with E-state index in [4.69, 9.17) is 11.6 Å². The SMILES string of the molecule is CCCNC(=O)NC1CCN(C(=O)c2c(F)cccc2Cl)CC1. The number of hydrogen-bond acceptors (Lipinski definition) is 2. The van der Waals surface area contributed by atoms with Crippen molar-refractivity contribution in [2.75, 3.05) is 19.6 Å². The quantitative estimate of drug-likeness (QED) is 0.884. The van der Waals surface area contributed by atoms with Crippen molar-refractivity contribution in [3.8, 4) is 0 Å². The molecule has 3 amide bonds. The lowest BCUT2D eigenvalue weighted by Crippen LogP contribution is -2.49. The summed E-state index contributed by atoms with van der Waals surface area (Å²) in [6.45, 7) is 3.54. The van der Waals surface area contributed by atoms with Crippen LogP contribution in [0.3, 0.4) is 0 Å². The molecule has 1 aromatic rings. The van der Waals surface area contributed by atoms with Crippen LogP contribution in [0.2, 0.25) is 5.02 Å². The number of carbonyl (C=O) groups is 2. The molecule has 1 saturated heterocycles. The first kappa shape index (κ1) is 17.5. The zero-order chi connectivity index (χ0) is 16.8. The van der Waals surface area contributed by atoms with Crippen LogP contribution in [0.4, 0.5) is 9.18 Å². The lowest BCUT2D eigenvalue weighted by atomic mass is 10.0. The molecule has 126 valence electrons. The van der Waals surface area contributed by atoms with E-state index in [1.54, 1.807) is 4.90 Å². The second kappa shape index (κ2) is 8.15. The van der Waals surface area contributed by atoms with Gasteiger partial charge in [-0.3, -0.25) is 4.79 Å². The molecule has 2 N–H and O–H groups in total. The van der Waals surface area contributed by atoms with Gasteiger partial charge in [-0.2, -0.15) is 0 Å². The summed E-state index contributed by atoms with van der Waals surface area (Å²) >= 11 is 5.94. The molecule has 0 aromatic heterocycles. The predicted molar refractivity (Wildman–Crippen MR) is 87.2 cm³/mol. The molecule has 23 heavy (non-hydrogen) atoms. The standard InChI is InChI=1S/C16H21ClFN3O2/c1-2-8-19-16(23)20-11-6-9-21(10-7-11)15(22)14-12(17)4-3-5-13(14)18/h3-5,11H,2,6-10H2,1H3,(H2,19,20,23). The second-order valence-corrected chi connectivity index (χ2v) is 5.97. The third kappa shape index (κ3) is 4.58. The van der Waals surface area contributed by atoms with Gasteiger partial charge in [-0.05, 0) is 31.4 Å². The smallest absolute Gasteiger partial charge is 0.315 e. The van der Waals surface area contributed by atoms with Crippen LogP contribution in [0.15, 0.2) is 18.2 Å². The Kier molecular flexibility index (Phi) is 6.21. The fraction of sp³-hybridized carbons (Fsp3) is 0.500. The summed E-state index contributed by atoms with van der Waals surface area (Å²) in [5.41, 5.74) is -0.0822. The molecule has 1 aliphatic heterocycles. The molecule has 0 atom stereocenters. The van der Waals surface area contributed by atoms with Gasteiger partial charge in [0.05, 0.1) is 10.6 Å². The van der Waals surface area contributed by atoms with Gasteiger partial charge in [0.15, 0.2) is 0 Å². The van der Waals surface area contributed by atoms with Crippen LogP contribution in [-0.4, -0.2) is 42.5 Å². The molecule has 1 fully saturated rings.